The summed E-state index contributed by atoms with van der Waals surface area (Å²) in [6.45, 7) is 2.37. The molecule has 1 aromatic rings. The van der Waals surface area contributed by atoms with Gasteiger partial charge < -0.3 is 15.2 Å². The van der Waals surface area contributed by atoms with Gasteiger partial charge in [0, 0.05) is 20.1 Å². The fraction of sp³-hybridized carbons (Fsp3) is 0.462. The van der Waals surface area contributed by atoms with E-state index in [0.717, 1.165) is 5.56 Å². The molecular weight excluding hydrogens is 218 g/mol. The Hall–Kier alpha value is -1.55. The molecule has 0 aromatic heterocycles. The lowest BCUT2D eigenvalue weighted by Gasteiger charge is -2.09. The highest BCUT2D eigenvalue weighted by atomic mass is 16.5. The van der Waals surface area contributed by atoms with Crippen LogP contribution in [0.25, 0.3) is 0 Å². The summed E-state index contributed by atoms with van der Waals surface area (Å²) in [5, 5.41) is 12.1. The lowest BCUT2D eigenvalue weighted by molar-refractivity contribution is -0.121. The molecule has 94 valence electrons. The number of amides is 1. The number of methoxy groups -OCH3 is 1. The van der Waals surface area contributed by atoms with Crippen molar-refractivity contribution >= 4 is 5.91 Å². The maximum absolute atomic E-state index is 11.5. The van der Waals surface area contributed by atoms with Gasteiger partial charge in [0.25, 0.3) is 0 Å². The Balaban J connectivity index is 2.28. The summed E-state index contributed by atoms with van der Waals surface area (Å²) >= 11 is 0. The minimum Gasteiger partial charge on any atom is -0.508 e. The van der Waals surface area contributed by atoms with Crippen molar-refractivity contribution in [2.45, 2.75) is 32.4 Å². The number of rotatable bonds is 6. The van der Waals surface area contributed by atoms with Crippen molar-refractivity contribution in [2.75, 3.05) is 7.11 Å². The number of phenolic OH excluding ortho intramolecular Hbond substituents is 1. The van der Waals surface area contributed by atoms with Crippen LogP contribution in [0.2, 0.25) is 0 Å². The Labute approximate surface area is 102 Å². The lowest BCUT2D eigenvalue weighted by Crippen LogP contribution is -2.23. The molecular formula is C13H19NO3. The maximum atomic E-state index is 11.5. The molecule has 0 saturated heterocycles. The second-order valence-corrected chi connectivity index (χ2v) is 4.03. The summed E-state index contributed by atoms with van der Waals surface area (Å²) in [6, 6.07) is 6.85. The Kier molecular flexibility index (Phi) is 5.49. The Morgan fingerprint density at radius 3 is 2.94 bits per heavy atom. The first kappa shape index (κ1) is 13.5. The molecule has 0 aliphatic heterocycles. The fourth-order valence-electron chi connectivity index (χ4n) is 1.41. The largest absolute Gasteiger partial charge is 0.508 e. The molecule has 0 aliphatic carbocycles. The molecule has 0 bridgehead atoms. The van der Waals surface area contributed by atoms with E-state index in [4.69, 9.17) is 4.74 Å². The number of phenols is 1. The van der Waals surface area contributed by atoms with Crippen LogP contribution in [-0.4, -0.2) is 24.2 Å². The van der Waals surface area contributed by atoms with Crippen LogP contribution in [0.4, 0.5) is 0 Å². The van der Waals surface area contributed by atoms with Gasteiger partial charge in [-0.05, 0) is 31.0 Å². The van der Waals surface area contributed by atoms with Crippen LogP contribution in [0.1, 0.15) is 25.3 Å². The molecule has 0 spiro atoms. The smallest absolute Gasteiger partial charge is 0.220 e. The zero-order chi connectivity index (χ0) is 12.7. The first-order valence-electron chi connectivity index (χ1n) is 5.69. The summed E-state index contributed by atoms with van der Waals surface area (Å²) in [5.41, 5.74) is 0.887. The van der Waals surface area contributed by atoms with E-state index in [0.29, 0.717) is 19.4 Å². The van der Waals surface area contributed by atoms with Crippen LogP contribution < -0.4 is 5.32 Å². The van der Waals surface area contributed by atoms with Crippen molar-refractivity contribution in [3.63, 3.8) is 0 Å². The van der Waals surface area contributed by atoms with Gasteiger partial charge in [-0.15, -0.1) is 0 Å². The highest BCUT2D eigenvalue weighted by Gasteiger charge is 2.05. The number of nitrogens with one attached hydrogen (secondary N) is 1. The van der Waals surface area contributed by atoms with Gasteiger partial charge in [0.05, 0.1) is 6.10 Å². The highest BCUT2D eigenvalue weighted by molar-refractivity contribution is 5.75. The maximum Gasteiger partial charge on any atom is 0.220 e. The van der Waals surface area contributed by atoms with E-state index in [2.05, 4.69) is 5.32 Å². The molecule has 17 heavy (non-hydrogen) atoms. The molecule has 0 heterocycles. The van der Waals surface area contributed by atoms with Crippen molar-refractivity contribution in [1.82, 2.24) is 5.32 Å². The third-order valence-corrected chi connectivity index (χ3v) is 2.58. The van der Waals surface area contributed by atoms with Crippen LogP contribution >= 0.6 is 0 Å². The minimum atomic E-state index is -0.00255. The number of aromatic hydroxyl groups is 1. The van der Waals surface area contributed by atoms with Crippen molar-refractivity contribution in [2.24, 2.45) is 0 Å². The number of carbonyl (C=O) groups excluding carboxylic acids is 1. The number of benzene rings is 1. The molecule has 1 atom stereocenters. The van der Waals surface area contributed by atoms with E-state index in [-0.39, 0.29) is 17.8 Å². The molecule has 0 saturated carbocycles. The number of ether oxygens (including phenoxy) is 1. The van der Waals surface area contributed by atoms with Crippen molar-refractivity contribution in [3.8, 4) is 5.75 Å². The topological polar surface area (TPSA) is 58.6 Å². The molecule has 4 nitrogen and oxygen atoms in total. The zero-order valence-corrected chi connectivity index (χ0v) is 10.3. The Morgan fingerprint density at radius 2 is 2.29 bits per heavy atom. The summed E-state index contributed by atoms with van der Waals surface area (Å²) in [5.74, 6) is 0.210. The molecule has 0 aliphatic rings. The van der Waals surface area contributed by atoms with Gasteiger partial charge in [-0.1, -0.05) is 12.1 Å². The van der Waals surface area contributed by atoms with Crippen molar-refractivity contribution in [3.05, 3.63) is 29.8 Å². The SMILES string of the molecule is COC(C)CCC(=O)NCc1cccc(O)c1. The van der Waals surface area contributed by atoms with Gasteiger partial charge in [0.15, 0.2) is 0 Å². The third-order valence-electron chi connectivity index (χ3n) is 2.58. The van der Waals surface area contributed by atoms with Gasteiger partial charge in [-0.2, -0.15) is 0 Å². The predicted molar refractivity (Wildman–Crippen MR) is 65.7 cm³/mol. The fourth-order valence-corrected chi connectivity index (χ4v) is 1.41. The summed E-state index contributed by atoms with van der Waals surface area (Å²) in [7, 11) is 1.63. The number of carbonyl (C=O) groups is 1. The van der Waals surface area contributed by atoms with E-state index in [1.54, 1.807) is 25.3 Å². The molecule has 0 radical (unpaired) electrons. The normalized spacial score (nSPS) is 12.1. The molecule has 1 unspecified atom stereocenters. The van der Waals surface area contributed by atoms with Crippen molar-refractivity contribution < 1.29 is 14.6 Å². The average molecular weight is 237 g/mol. The number of hydrogen-bond acceptors (Lipinski definition) is 3. The standard InChI is InChI=1S/C13H19NO3/c1-10(17-2)6-7-13(16)14-9-11-4-3-5-12(15)8-11/h3-5,8,10,15H,6-7,9H2,1-2H3,(H,14,16). The molecule has 4 heteroatoms. The predicted octanol–water partition coefficient (Wildman–Crippen LogP) is 1.82. The monoisotopic (exact) mass is 237 g/mol. The lowest BCUT2D eigenvalue weighted by atomic mass is 10.2. The summed E-state index contributed by atoms with van der Waals surface area (Å²) in [4.78, 5) is 11.5. The van der Waals surface area contributed by atoms with Crippen LogP contribution in [0.3, 0.4) is 0 Å². The van der Waals surface area contributed by atoms with Crippen molar-refractivity contribution in [1.29, 1.82) is 0 Å². The molecule has 1 aromatic carbocycles. The van der Waals surface area contributed by atoms with Gasteiger partial charge >= 0.3 is 0 Å². The Bertz CT molecular complexity index is 365. The van der Waals surface area contributed by atoms with E-state index in [1.807, 2.05) is 13.0 Å². The van der Waals surface area contributed by atoms with Crippen LogP contribution in [0.15, 0.2) is 24.3 Å². The molecule has 2 N–H and O–H groups in total. The summed E-state index contributed by atoms with van der Waals surface area (Å²) in [6.07, 6.45) is 1.26. The zero-order valence-electron chi connectivity index (χ0n) is 10.3. The molecule has 1 rings (SSSR count). The van der Waals surface area contributed by atoms with E-state index >= 15 is 0 Å². The second-order valence-electron chi connectivity index (χ2n) is 4.03. The number of hydrogen-bond donors (Lipinski definition) is 2. The van der Waals surface area contributed by atoms with E-state index < -0.39 is 0 Å². The van der Waals surface area contributed by atoms with Gasteiger partial charge in [-0.3, -0.25) is 4.79 Å². The van der Waals surface area contributed by atoms with Crippen LogP contribution in [0, 0.1) is 0 Å². The first-order valence-corrected chi connectivity index (χ1v) is 5.69. The molecule has 1 amide bonds. The third kappa shape index (κ3) is 5.36. The van der Waals surface area contributed by atoms with Crippen LogP contribution in [-0.2, 0) is 16.1 Å². The van der Waals surface area contributed by atoms with Gasteiger partial charge in [-0.25, -0.2) is 0 Å². The van der Waals surface area contributed by atoms with E-state index in [1.165, 1.54) is 0 Å². The van der Waals surface area contributed by atoms with Gasteiger partial charge in [0.2, 0.25) is 5.91 Å². The van der Waals surface area contributed by atoms with Gasteiger partial charge in [0.1, 0.15) is 5.75 Å². The van der Waals surface area contributed by atoms with Crippen LogP contribution in [0.5, 0.6) is 5.75 Å². The molecule has 0 fully saturated rings. The Morgan fingerprint density at radius 1 is 1.53 bits per heavy atom. The van der Waals surface area contributed by atoms with E-state index in [9.17, 15) is 9.90 Å². The quantitative estimate of drug-likeness (QED) is 0.793. The average Bonchev–Trinajstić information content (AvgIpc) is 2.33. The highest BCUT2D eigenvalue weighted by Crippen LogP contribution is 2.10. The summed E-state index contributed by atoms with van der Waals surface area (Å²) < 4.78 is 5.07. The second kappa shape index (κ2) is 6.91. The minimum absolute atomic E-state index is 0.00255. The first-order chi connectivity index (χ1) is 8.11.